The van der Waals surface area contributed by atoms with Gasteiger partial charge in [-0.25, -0.2) is 9.97 Å². The molecule has 2 amide bonds. The predicted octanol–water partition coefficient (Wildman–Crippen LogP) is 1.13. The Kier molecular flexibility index (Phi) is 6.41. The monoisotopic (exact) mass is 383 g/mol. The number of amides is 2. The minimum absolute atomic E-state index is 0.0827. The van der Waals surface area contributed by atoms with Gasteiger partial charge in [0.05, 0.1) is 7.11 Å². The molecule has 8 heteroatoms. The fourth-order valence-electron chi connectivity index (χ4n) is 3.10. The predicted molar refractivity (Wildman–Crippen MR) is 106 cm³/mol. The molecule has 0 bridgehead atoms. The van der Waals surface area contributed by atoms with Crippen LogP contribution in [-0.4, -0.2) is 66.5 Å². The number of hydrogen-bond acceptors (Lipinski definition) is 6. The Labute approximate surface area is 164 Å². The van der Waals surface area contributed by atoms with Crippen LogP contribution >= 0.6 is 0 Å². The van der Waals surface area contributed by atoms with Crippen LogP contribution in [0.25, 0.3) is 0 Å². The van der Waals surface area contributed by atoms with Gasteiger partial charge in [-0.3, -0.25) is 9.59 Å². The van der Waals surface area contributed by atoms with Gasteiger partial charge in [0.2, 0.25) is 5.91 Å². The number of hydrogen-bond donors (Lipinski definition) is 1. The van der Waals surface area contributed by atoms with Crippen LogP contribution < -0.4 is 15.0 Å². The van der Waals surface area contributed by atoms with E-state index in [2.05, 4.69) is 20.2 Å². The molecule has 28 heavy (non-hydrogen) atoms. The number of methoxy groups -OCH3 is 1. The van der Waals surface area contributed by atoms with Gasteiger partial charge < -0.3 is 19.9 Å². The summed E-state index contributed by atoms with van der Waals surface area (Å²) in [6.07, 6.45) is 2.13. The Bertz CT molecular complexity index is 817. The largest absolute Gasteiger partial charge is 0.497 e. The smallest absolute Gasteiger partial charge is 0.270 e. The molecule has 0 atom stereocenters. The maximum absolute atomic E-state index is 12.4. The molecule has 1 fully saturated rings. The normalized spacial score (nSPS) is 13.9. The standard InChI is InChI=1S/C20H25N5O3/c1-15(26)24-9-11-25(12-10-24)19-13-18(22-14-23-19)20(27)21-8-7-16-3-5-17(28-2)6-4-16/h3-6,13-14H,7-12H2,1-2H3,(H,21,27). The lowest BCUT2D eigenvalue weighted by Gasteiger charge is -2.34. The second-order valence-corrected chi connectivity index (χ2v) is 6.61. The molecule has 0 aliphatic carbocycles. The van der Waals surface area contributed by atoms with Gasteiger partial charge in [-0.05, 0) is 24.1 Å². The van der Waals surface area contributed by atoms with Crippen LogP contribution in [0.3, 0.4) is 0 Å². The maximum Gasteiger partial charge on any atom is 0.270 e. The third-order valence-corrected chi connectivity index (χ3v) is 4.79. The summed E-state index contributed by atoms with van der Waals surface area (Å²) in [5.74, 6) is 1.38. The van der Waals surface area contributed by atoms with Crippen LogP contribution in [0.2, 0.25) is 0 Å². The SMILES string of the molecule is COc1ccc(CCNC(=O)c2cc(N3CCN(C(C)=O)CC3)ncn2)cc1. The molecule has 0 unspecified atom stereocenters. The number of rotatable bonds is 6. The minimum Gasteiger partial charge on any atom is -0.497 e. The lowest BCUT2D eigenvalue weighted by Crippen LogP contribution is -2.48. The molecule has 3 rings (SSSR count). The van der Waals surface area contributed by atoms with Crippen molar-refractivity contribution >= 4 is 17.6 Å². The molecule has 0 saturated carbocycles. The van der Waals surface area contributed by atoms with Gasteiger partial charge in [-0.2, -0.15) is 0 Å². The van der Waals surface area contributed by atoms with E-state index in [0.29, 0.717) is 44.2 Å². The summed E-state index contributed by atoms with van der Waals surface area (Å²) < 4.78 is 5.14. The average Bonchev–Trinajstić information content (AvgIpc) is 2.74. The van der Waals surface area contributed by atoms with E-state index in [9.17, 15) is 9.59 Å². The Balaban J connectivity index is 1.53. The Morgan fingerprint density at radius 2 is 1.82 bits per heavy atom. The number of carbonyl (C=O) groups is 2. The summed E-state index contributed by atoms with van der Waals surface area (Å²) >= 11 is 0. The van der Waals surface area contributed by atoms with Gasteiger partial charge >= 0.3 is 0 Å². The first-order valence-corrected chi connectivity index (χ1v) is 9.30. The highest BCUT2D eigenvalue weighted by Gasteiger charge is 2.20. The highest BCUT2D eigenvalue weighted by Crippen LogP contribution is 2.14. The summed E-state index contributed by atoms with van der Waals surface area (Å²) in [5, 5.41) is 2.90. The molecular formula is C20H25N5O3. The maximum atomic E-state index is 12.4. The Morgan fingerprint density at radius 3 is 2.46 bits per heavy atom. The van der Waals surface area contributed by atoms with E-state index in [-0.39, 0.29) is 11.8 Å². The van der Waals surface area contributed by atoms with E-state index >= 15 is 0 Å². The summed E-state index contributed by atoms with van der Waals surface area (Å²) in [4.78, 5) is 36.1. The summed E-state index contributed by atoms with van der Waals surface area (Å²) in [6.45, 7) is 4.78. The van der Waals surface area contributed by atoms with E-state index in [1.165, 1.54) is 6.33 Å². The first kappa shape index (κ1) is 19.6. The quantitative estimate of drug-likeness (QED) is 0.805. The number of carbonyl (C=O) groups excluding carboxylic acids is 2. The number of nitrogens with one attached hydrogen (secondary N) is 1. The summed E-state index contributed by atoms with van der Waals surface area (Å²) in [6, 6.07) is 9.47. The van der Waals surface area contributed by atoms with Crippen molar-refractivity contribution in [3.63, 3.8) is 0 Å². The minimum atomic E-state index is -0.223. The van der Waals surface area contributed by atoms with Gasteiger partial charge in [0, 0.05) is 45.7 Å². The molecular weight excluding hydrogens is 358 g/mol. The fraction of sp³-hybridized carbons (Fsp3) is 0.400. The molecule has 2 aromatic rings. The van der Waals surface area contributed by atoms with E-state index in [4.69, 9.17) is 4.74 Å². The van der Waals surface area contributed by atoms with Crippen molar-refractivity contribution in [3.8, 4) is 5.75 Å². The third-order valence-electron chi connectivity index (χ3n) is 4.79. The van der Waals surface area contributed by atoms with Gasteiger partial charge in [-0.15, -0.1) is 0 Å². The number of ether oxygens (including phenoxy) is 1. The van der Waals surface area contributed by atoms with E-state index < -0.39 is 0 Å². The summed E-state index contributed by atoms with van der Waals surface area (Å²) in [7, 11) is 1.63. The van der Waals surface area contributed by atoms with Crippen LogP contribution in [0.15, 0.2) is 36.7 Å². The van der Waals surface area contributed by atoms with Gasteiger partial charge in [0.25, 0.3) is 5.91 Å². The van der Waals surface area contributed by atoms with Crippen molar-refractivity contribution in [3.05, 3.63) is 47.9 Å². The average molecular weight is 383 g/mol. The Hall–Kier alpha value is -3.16. The van der Waals surface area contributed by atoms with E-state index in [1.807, 2.05) is 29.2 Å². The molecule has 1 aliphatic rings. The van der Waals surface area contributed by atoms with Crippen molar-refractivity contribution in [2.75, 3.05) is 44.7 Å². The van der Waals surface area contributed by atoms with Crippen LogP contribution in [0, 0.1) is 0 Å². The lowest BCUT2D eigenvalue weighted by atomic mass is 10.1. The molecule has 8 nitrogen and oxygen atoms in total. The first-order valence-electron chi connectivity index (χ1n) is 9.30. The van der Waals surface area contributed by atoms with Gasteiger partial charge in [0.1, 0.15) is 23.6 Å². The first-order chi connectivity index (χ1) is 13.6. The second kappa shape index (κ2) is 9.16. The van der Waals surface area contributed by atoms with Crippen LogP contribution in [-0.2, 0) is 11.2 Å². The van der Waals surface area contributed by atoms with Crippen molar-refractivity contribution in [2.45, 2.75) is 13.3 Å². The van der Waals surface area contributed by atoms with Gasteiger partial charge in [0.15, 0.2) is 0 Å². The molecule has 1 aromatic carbocycles. The van der Waals surface area contributed by atoms with Crippen molar-refractivity contribution in [2.24, 2.45) is 0 Å². The Morgan fingerprint density at radius 1 is 1.11 bits per heavy atom. The zero-order valence-electron chi connectivity index (χ0n) is 16.2. The molecule has 2 heterocycles. The van der Waals surface area contributed by atoms with Crippen LogP contribution in [0.5, 0.6) is 5.75 Å². The lowest BCUT2D eigenvalue weighted by molar-refractivity contribution is -0.129. The molecule has 1 saturated heterocycles. The highest BCUT2D eigenvalue weighted by molar-refractivity contribution is 5.92. The van der Waals surface area contributed by atoms with Crippen molar-refractivity contribution in [1.29, 1.82) is 0 Å². The molecule has 0 spiro atoms. The zero-order chi connectivity index (χ0) is 19.9. The highest BCUT2D eigenvalue weighted by atomic mass is 16.5. The number of anilines is 1. The molecule has 148 valence electrons. The molecule has 0 radical (unpaired) electrons. The van der Waals surface area contributed by atoms with Gasteiger partial charge in [-0.1, -0.05) is 12.1 Å². The number of piperazine rings is 1. The topological polar surface area (TPSA) is 87.7 Å². The number of aromatic nitrogens is 2. The van der Waals surface area contributed by atoms with E-state index in [1.54, 1.807) is 20.1 Å². The number of nitrogens with zero attached hydrogens (tertiary/aromatic N) is 4. The molecule has 1 aromatic heterocycles. The molecule has 1 aliphatic heterocycles. The zero-order valence-corrected chi connectivity index (χ0v) is 16.2. The fourth-order valence-corrected chi connectivity index (χ4v) is 3.10. The number of benzene rings is 1. The van der Waals surface area contributed by atoms with Crippen LogP contribution in [0.4, 0.5) is 5.82 Å². The second-order valence-electron chi connectivity index (χ2n) is 6.61. The summed E-state index contributed by atoms with van der Waals surface area (Å²) in [5.41, 5.74) is 1.46. The van der Waals surface area contributed by atoms with Crippen molar-refractivity contribution < 1.29 is 14.3 Å². The van der Waals surface area contributed by atoms with Crippen molar-refractivity contribution in [1.82, 2.24) is 20.2 Å². The van der Waals surface area contributed by atoms with E-state index in [0.717, 1.165) is 17.7 Å². The third kappa shape index (κ3) is 4.97. The molecule has 1 N–H and O–H groups in total. The van der Waals surface area contributed by atoms with Crippen LogP contribution in [0.1, 0.15) is 23.0 Å².